The molecule has 0 saturated heterocycles. The number of aryl methyl sites for hydroxylation is 2. The van der Waals surface area contributed by atoms with Crippen LogP contribution in [0.15, 0.2) is 12.1 Å². The summed E-state index contributed by atoms with van der Waals surface area (Å²) in [7, 11) is 0. The van der Waals surface area contributed by atoms with Crippen molar-refractivity contribution in [3.63, 3.8) is 0 Å². The van der Waals surface area contributed by atoms with Gasteiger partial charge in [-0.25, -0.2) is 0 Å². The van der Waals surface area contributed by atoms with Crippen LogP contribution >= 0.6 is 11.6 Å². The number of halogens is 2. The van der Waals surface area contributed by atoms with Crippen molar-refractivity contribution in [2.75, 3.05) is 0 Å². The monoisotopic (exact) mass is 296 g/mol. The second kappa shape index (κ2) is 6.02. The maximum absolute atomic E-state index is 5.79. The molecule has 0 bridgehead atoms. The molecule has 0 aliphatic carbocycles. The fourth-order valence-corrected chi connectivity index (χ4v) is 1.27. The van der Waals surface area contributed by atoms with Crippen LogP contribution in [0.2, 0.25) is 5.02 Å². The van der Waals surface area contributed by atoms with Crippen molar-refractivity contribution in [3.05, 3.63) is 40.8 Å². The quantitative estimate of drug-likeness (QED) is 0.472. The number of rotatable bonds is 0. The zero-order valence-corrected chi connectivity index (χ0v) is 12.6. The van der Waals surface area contributed by atoms with E-state index < -0.39 is 0 Å². The van der Waals surface area contributed by atoms with E-state index in [1.807, 2.05) is 26.0 Å². The summed E-state index contributed by atoms with van der Waals surface area (Å²) < 4.78 is 0. The SMILES string of the molecule is [Br-].[CH2-]c1c(C)cc(Cl)cc1C.[Zn+2]. The Labute approximate surface area is 102 Å². The Kier molecular flexibility index (Phi) is 7.51. The molecule has 1 aromatic carbocycles. The third-order valence-corrected chi connectivity index (χ3v) is 1.88. The number of hydrogen-bond acceptors (Lipinski definition) is 0. The summed E-state index contributed by atoms with van der Waals surface area (Å²) in [4.78, 5) is 0. The summed E-state index contributed by atoms with van der Waals surface area (Å²) >= 11 is 5.79. The van der Waals surface area contributed by atoms with Crippen molar-refractivity contribution < 1.29 is 36.5 Å². The molecule has 0 radical (unpaired) electrons. The fraction of sp³-hybridized carbons (Fsp3) is 0.222. The normalized spacial score (nSPS) is 8.25. The van der Waals surface area contributed by atoms with Gasteiger partial charge in [-0.05, 0) is 0 Å². The molecule has 0 atom stereocenters. The van der Waals surface area contributed by atoms with Crippen molar-refractivity contribution >= 4 is 11.6 Å². The fourth-order valence-electron chi connectivity index (χ4n) is 0.941. The summed E-state index contributed by atoms with van der Waals surface area (Å²) in [6, 6.07) is 3.85. The van der Waals surface area contributed by atoms with E-state index in [1.54, 1.807) is 0 Å². The molecule has 1 rings (SSSR count). The van der Waals surface area contributed by atoms with Crippen LogP contribution in [0.3, 0.4) is 0 Å². The molecule has 0 N–H and O–H groups in total. The van der Waals surface area contributed by atoms with Crippen LogP contribution in [-0.2, 0) is 19.5 Å². The van der Waals surface area contributed by atoms with Gasteiger partial charge in [0.15, 0.2) is 0 Å². The summed E-state index contributed by atoms with van der Waals surface area (Å²) in [5.74, 6) is 0. The molecule has 3 heteroatoms. The van der Waals surface area contributed by atoms with Crippen LogP contribution in [0.1, 0.15) is 16.7 Å². The molecule has 62 valence electrons. The summed E-state index contributed by atoms with van der Waals surface area (Å²) in [6.45, 7) is 7.93. The smallest absolute Gasteiger partial charge is 1.00 e. The van der Waals surface area contributed by atoms with Gasteiger partial charge in [0.2, 0.25) is 0 Å². The van der Waals surface area contributed by atoms with E-state index in [-0.39, 0.29) is 36.5 Å². The molecule has 0 aliphatic rings. The molecular formula is C9H10BrClZn. The Morgan fingerprint density at radius 1 is 1.17 bits per heavy atom. The van der Waals surface area contributed by atoms with Crippen molar-refractivity contribution in [1.29, 1.82) is 0 Å². The van der Waals surface area contributed by atoms with Crippen LogP contribution in [0.5, 0.6) is 0 Å². The van der Waals surface area contributed by atoms with Gasteiger partial charge in [-0.3, -0.25) is 0 Å². The Balaban J connectivity index is 0. The Bertz CT molecular complexity index is 238. The molecule has 0 fully saturated rings. The largest absolute Gasteiger partial charge is 2.00 e. The first-order chi connectivity index (χ1) is 4.61. The van der Waals surface area contributed by atoms with Gasteiger partial charge >= 0.3 is 19.5 Å². The second-order valence-corrected chi connectivity index (χ2v) is 2.95. The minimum absolute atomic E-state index is 0. The third-order valence-electron chi connectivity index (χ3n) is 1.66. The van der Waals surface area contributed by atoms with E-state index in [1.165, 1.54) is 0 Å². The van der Waals surface area contributed by atoms with Crippen molar-refractivity contribution in [3.8, 4) is 0 Å². The minimum atomic E-state index is 0. The first kappa shape index (κ1) is 15.0. The predicted molar refractivity (Wildman–Crippen MR) is 45.4 cm³/mol. The summed E-state index contributed by atoms with van der Waals surface area (Å²) in [6.07, 6.45) is 0. The van der Waals surface area contributed by atoms with Crippen LogP contribution in [0, 0.1) is 20.8 Å². The van der Waals surface area contributed by atoms with Crippen LogP contribution in [-0.4, -0.2) is 0 Å². The maximum atomic E-state index is 5.79. The van der Waals surface area contributed by atoms with Crippen molar-refractivity contribution in [2.45, 2.75) is 13.8 Å². The van der Waals surface area contributed by atoms with Gasteiger partial charge in [-0.2, -0.15) is 23.6 Å². The van der Waals surface area contributed by atoms with Gasteiger partial charge in [0.25, 0.3) is 0 Å². The van der Waals surface area contributed by atoms with Crippen molar-refractivity contribution in [1.82, 2.24) is 0 Å². The molecule has 0 spiro atoms. The van der Waals surface area contributed by atoms with E-state index in [4.69, 9.17) is 11.6 Å². The number of hydrogen-bond donors (Lipinski definition) is 0. The molecule has 0 saturated carbocycles. The Morgan fingerprint density at radius 2 is 1.50 bits per heavy atom. The van der Waals surface area contributed by atoms with Gasteiger partial charge in [-0.1, -0.05) is 37.6 Å². The van der Waals surface area contributed by atoms with E-state index in [0.717, 1.165) is 21.7 Å². The average molecular weight is 299 g/mol. The Hall–Kier alpha value is 0.483. The summed E-state index contributed by atoms with van der Waals surface area (Å²) in [5, 5.41) is 0.794. The molecule has 0 aliphatic heterocycles. The molecule has 0 heterocycles. The topological polar surface area (TPSA) is 0 Å². The third kappa shape index (κ3) is 3.47. The van der Waals surface area contributed by atoms with Gasteiger partial charge in [0, 0.05) is 5.02 Å². The first-order valence-corrected chi connectivity index (χ1v) is 3.58. The van der Waals surface area contributed by atoms with Gasteiger partial charge in [0.1, 0.15) is 0 Å². The van der Waals surface area contributed by atoms with Gasteiger partial charge in [-0.15, -0.1) is 0 Å². The average Bonchev–Trinajstić information content (AvgIpc) is 1.82. The van der Waals surface area contributed by atoms with E-state index in [9.17, 15) is 0 Å². The first-order valence-electron chi connectivity index (χ1n) is 3.20. The summed E-state index contributed by atoms with van der Waals surface area (Å²) in [5.41, 5.74) is 3.40. The standard InChI is InChI=1S/C9H10Cl.BrH.Zn/c1-6-4-9(10)5-7(2)8(6)3;;/h4-5H,3H2,1-2H3;1H;/q-1;;+2/p-1. The maximum Gasteiger partial charge on any atom is 2.00 e. The molecule has 1 aromatic rings. The second-order valence-electron chi connectivity index (χ2n) is 2.52. The van der Waals surface area contributed by atoms with E-state index in [0.29, 0.717) is 0 Å². The Morgan fingerprint density at radius 3 is 1.83 bits per heavy atom. The van der Waals surface area contributed by atoms with Crippen LogP contribution < -0.4 is 17.0 Å². The van der Waals surface area contributed by atoms with E-state index in [2.05, 4.69) is 6.92 Å². The van der Waals surface area contributed by atoms with Crippen LogP contribution in [0.4, 0.5) is 0 Å². The zero-order valence-electron chi connectivity index (χ0n) is 7.32. The number of benzene rings is 1. The molecule has 0 amide bonds. The molecule has 12 heavy (non-hydrogen) atoms. The molecule has 0 aromatic heterocycles. The van der Waals surface area contributed by atoms with Crippen molar-refractivity contribution in [2.24, 2.45) is 0 Å². The van der Waals surface area contributed by atoms with Gasteiger partial charge in [0.05, 0.1) is 0 Å². The predicted octanol–water partition coefficient (Wildman–Crippen LogP) is 0.141. The molecular weight excluding hydrogens is 289 g/mol. The molecule has 0 unspecified atom stereocenters. The van der Waals surface area contributed by atoms with Gasteiger partial charge < -0.3 is 17.0 Å². The molecule has 0 nitrogen and oxygen atoms in total. The van der Waals surface area contributed by atoms with E-state index >= 15 is 0 Å². The van der Waals surface area contributed by atoms with Crippen LogP contribution in [0.25, 0.3) is 0 Å². The zero-order chi connectivity index (χ0) is 7.72. The minimum Gasteiger partial charge on any atom is -1.00 e.